The van der Waals surface area contributed by atoms with Crippen molar-refractivity contribution in [3.8, 4) is 22.5 Å². The van der Waals surface area contributed by atoms with Crippen LogP contribution in [0.3, 0.4) is 0 Å². The third kappa shape index (κ3) is 5.51. The Hall–Kier alpha value is -3.82. The van der Waals surface area contributed by atoms with Crippen molar-refractivity contribution in [2.45, 2.75) is 5.16 Å². The molecule has 0 aliphatic rings. The van der Waals surface area contributed by atoms with Gasteiger partial charge < -0.3 is 5.32 Å². The average molecular weight is 478 g/mol. The number of carbonyl (C=O) groups is 1. The van der Waals surface area contributed by atoms with Crippen LogP contribution in [0.4, 0.5) is 11.4 Å². The SMILES string of the molecule is O=C(CSc1nnc(-c2ccccc2)c(-c2ccccc2)n1)Nc1cc([N+](=O)[O-])ccc1Cl. The molecular weight excluding hydrogens is 462 g/mol. The number of anilines is 1. The molecule has 10 heteroatoms. The summed E-state index contributed by atoms with van der Waals surface area (Å²) < 4.78 is 0. The summed E-state index contributed by atoms with van der Waals surface area (Å²) in [6.45, 7) is 0. The molecule has 3 aromatic carbocycles. The molecule has 1 aromatic heterocycles. The normalized spacial score (nSPS) is 10.6. The van der Waals surface area contributed by atoms with Crippen LogP contribution < -0.4 is 5.32 Å². The molecule has 0 saturated carbocycles. The van der Waals surface area contributed by atoms with E-state index in [1.807, 2.05) is 60.7 Å². The molecule has 164 valence electrons. The van der Waals surface area contributed by atoms with Crippen LogP contribution in [0.5, 0.6) is 0 Å². The molecule has 1 amide bonds. The van der Waals surface area contributed by atoms with E-state index in [1.54, 1.807) is 0 Å². The lowest BCUT2D eigenvalue weighted by atomic mass is 10.0. The average Bonchev–Trinajstić information content (AvgIpc) is 2.85. The molecular formula is C23H16ClN5O3S. The molecule has 0 aliphatic carbocycles. The maximum absolute atomic E-state index is 12.4. The van der Waals surface area contributed by atoms with Crippen molar-refractivity contribution in [1.82, 2.24) is 15.2 Å². The summed E-state index contributed by atoms with van der Waals surface area (Å²) in [6, 6.07) is 23.1. The molecule has 0 aliphatic heterocycles. The Morgan fingerprint density at radius 1 is 0.939 bits per heavy atom. The Morgan fingerprint density at radius 2 is 1.58 bits per heavy atom. The van der Waals surface area contributed by atoms with E-state index in [0.29, 0.717) is 16.5 Å². The van der Waals surface area contributed by atoms with Crippen molar-refractivity contribution in [3.05, 3.63) is 94.0 Å². The van der Waals surface area contributed by atoms with E-state index in [2.05, 4.69) is 20.5 Å². The van der Waals surface area contributed by atoms with Crippen LogP contribution in [-0.4, -0.2) is 31.8 Å². The molecule has 0 fully saturated rings. The molecule has 0 spiro atoms. The summed E-state index contributed by atoms with van der Waals surface area (Å²) in [5.41, 5.74) is 3.05. The predicted octanol–water partition coefficient (Wildman–Crippen LogP) is 5.50. The molecule has 0 atom stereocenters. The van der Waals surface area contributed by atoms with Crippen LogP contribution in [0.25, 0.3) is 22.5 Å². The number of thioether (sulfide) groups is 1. The Labute approximate surface area is 198 Å². The van der Waals surface area contributed by atoms with Crippen molar-refractivity contribution in [2.24, 2.45) is 0 Å². The van der Waals surface area contributed by atoms with Crippen molar-refractivity contribution >= 4 is 40.6 Å². The first-order chi connectivity index (χ1) is 16.0. The number of nitrogens with zero attached hydrogens (tertiary/aromatic N) is 4. The lowest BCUT2D eigenvalue weighted by Crippen LogP contribution is -2.15. The first-order valence-electron chi connectivity index (χ1n) is 9.73. The number of hydrogen-bond acceptors (Lipinski definition) is 7. The Kier molecular flexibility index (Phi) is 6.92. The molecule has 1 N–H and O–H groups in total. The van der Waals surface area contributed by atoms with Gasteiger partial charge in [0.2, 0.25) is 11.1 Å². The number of aromatic nitrogens is 3. The highest BCUT2D eigenvalue weighted by molar-refractivity contribution is 7.99. The van der Waals surface area contributed by atoms with E-state index in [0.717, 1.165) is 22.9 Å². The van der Waals surface area contributed by atoms with E-state index in [4.69, 9.17) is 11.6 Å². The van der Waals surface area contributed by atoms with Gasteiger partial charge in [-0.15, -0.1) is 10.2 Å². The summed E-state index contributed by atoms with van der Waals surface area (Å²) in [4.78, 5) is 27.5. The van der Waals surface area contributed by atoms with Gasteiger partial charge >= 0.3 is 0 Å². The van der Waals surface area contributed by atoms with E-state index in [-0.39, 0.29) is 22.2 Å². The molecule has 8 nitrogen and oxygen atoms in total. The van der Waals surface area contributed by atoms with Gasteiger partial charge in [0.05, 0.1) is 21.4 Å². The Bertz CT molecular complexity index is 1310. The van der Waals surface area contributed by atoms with Gasteiger partial charge in [0.1, 0.15) is 11.4 Å². The van der Waals surface area contributed by atoms with E-state index >= 15 is 0 Å². The summed E-state index contributed by atoms with van der Waals surface area (Å²) in [6.07, 6.45) is 0. The number of carbonyl (C=O) groups excluding carboxylic acids is 1. The molecule has 4 aromatic rings. The van der Waals surface area contributed by atoms with Crippen LogP contribution in [0, 0.1) is 10.1 Å². The minimum Gasteiger partial charge on any atom is -0.324 e. The van der Waals surface area contributed by atoms with Crippen LogP contribution in [-0.2, 0) is 4.79 Å². The van der Waals surface area contributed by atoms with E-state index in [9.17, 15) is 14.9 Å². The fourth-order valence-electron chi connectivity index (χ4n) is 3.00. The highest BCUT2D eigenvalue weighted by Crippen LogP contribution is 2.30. The van der Waals surface area contributed by atoms with Gasteiger partial charge in [0.15, 0.2) is 0 Å². The summed E-state index contributed by atoms with van der Waals surface area (Å²) in [5, 5.41) is 22.6. The monoisotopic (exact) mass is 477 g/mol. The molecule has 0 bridgehead atoms. The fourth-order valence-corrected chi connectivity index (χ4v) is 3.75. The maximum Gasteiger partial charge on any atom is 0.271 e. The maximum atomic E-state index is 12.4. The number of halogens is 1. The van der Waals surface area contributed by atoms with Crippen LogP contribution in [0.2, 0.25) is 5.02 Å². The number of amides is 1. The molecule has 33 heavy (non-hydrogen) atoms. The van der Waals surface area contributed by atoms with Gasteiger partial charge in [-0.1, -0.05) is 84.0 Å². The zero-order valence-electron chi connectivity index (χ0n) is 17.0. The molecule has 1 heterocycles. The third-order valence-corrected chi connectivity index (χ3v) is 5.70. The second kappa shape index (κ2) is 10.2. The predicted molar refractivity (Wildman–Crippen MR) is 128 cm³/mol. The van der Waals surface area contributed by atoms with E-state index in [1.165, 1.54) is 18.2 Å². The second-order valence-corrected chi connectivity index (χ2v) is 8.13. The van der Waals surface area contributed by atoms with Gasteiger partial charge in [-0.25, -0.2) is 4.98 Å². The quantitative estimate of drug-likeness (QED) is 0.212. The summed E-state index contributed by atoms with van der Waals surface area (Å²) in [7, 11) is 0. The van der Waals surface area contributed by atoms with Gasteiger partial charge in [0.25, 0.3) is 5.69 Å². The molecule has 4 rings (SSSR count). The van der Waals surface area contributed by atoms with E-state index < -0.39 is 10.8 Å². The zero-order chi connectivity index (χ0) is 23.2. The number of nitro groups is 1. The number of nitrogens with one attached hydrogen (secondary N) is 1. The molecule has 0 unspecified atom stereocenters. The Balaban J connectivity index is 1.54. The fraction of sp³-hybridized carbons (Fsp3) is 0.0435. The van der Waals surface area contributed by atoms with Gasteiger partial charge in [0, 0.05) is 23.3 Å². The first-order valence-corrected chi connectivity index (χ1v) is 11.1. The second-order valence-electron chi connectivity index (χ2n) is 6.78. The number of nitro benzene ring substituents is 1. The number of benzene rings is 3. The first kappa shape index (κ1) is 22.4. The largest absolute Gasteiger partial charge is 0.324 e. The summed E-state index contributed by atoms with van der Waals surface area (Å²) >= 11 is 7.15. The minimum atomic E-state index is -0.556. The third-order valence-electron chi connectivity index (χ3n) is 4.53. The molecule has 0 saturated heterocycles. The zero-order valence-corrected chi connectivity index (χ0v) is 18.6. The number of hydrogen-bond donors (Lipinski definition) is 1. The molecule has 0 radical (unpaired) electrons. The van der Waals surface area contributed by atoms with Crippen LogP contribution in [0.1, 0.15) is 0 Å². The van der Waals surface area contributed by atoms with Gasteiger partial charge in [-0.2, -0.15) is 0 Å². The smallest absolute Gasteiger partial charge is 0.271 e. The van der Waals surface area contributed by atoms with Crippen molar-refractivity contribution in [2.75, 3.05) is 11.1 Å². The lowest BCUT2D eigenvalue weighted by Gasteiger charge is -2.10. The highest BCUT2D eigenvalue weighted by Gasteiger charge is 2.16. The standard InChI is InChI=1S/C23H16ClN5O3S/c24-18-12-11-17(29(31)32)13-19(18)25-20(30)14-33-23-26-21(15-7-3-1-4-8-15)22(27-28-23)16-9-5-2-6-10-16/h1-13H,14H2,(H,25,30). The lowest BCUT2D eigenvalue weighted by molar-refractivity contribution is -0.384. The number of non-ortho nitro benzene ring substituents is 1. The highest BCUT2D eigenvalue weighted by atomic mass is 35.5. The topological polar surface area (TPSA) is 111 Å². The van der Waals surface area contributed by atoms with Crippen LogP contribution >= 0.6 is 23.4 Å². The van der Waals surface area contributed by atoms with Gasteiger partial charge in [-0.05, 0) is 6.07 Å². The summed E-state index contributed by atoms with van der Waals surface area (Å²) in [5.74, 6) is -0.431. The van der Waals surface area contributed by atoms with Crippen molar-refractivity contribution in [1.29, 1.82) is 0 Å². The Morgan fingerprint density at radius 3 is 2.21 bits per heavy atom. The minimum absolute atomic E-state index is 0.0282. The van der Waals surface area contributed by atoms with Crippen molar-refractivity contribution in [3.63, 3.8) is 0 Å². The van der Waals surface area contributed by atoms with Gasteiger partial charge in [-0.3, -0.25) is 14.9 Å². The number of rotatable bonds is 7. The van der Waals surface area contributed by atoms with Crippen molar-refractivity contribution < 1.29 is 9.72 Å². The van der Waals surface area contributed by atoms with Crippen LogP contribution in [0.15, 0.2) is 84.0 Å².